The molecule has 11 rings (SSSR count). The lowest BCUT2D eigenvalue weighted by molar-refractivity contribution is -0.274. The van der Waals surface area contributed by atoms with Gasteiger partial charge in [0.2, 0.25) is 0 Å². The summed E-state index contributed by atoms with van der Waals surface area (Å²) in [7, 11) is 0. The summed E-state index contributed by atoms with van der Waals surface area (Å²) in [6.07, 6.45) is -9.86. The number of alkyl halides is 6. The van der Waals surface area contributed by atoms with E-state index >= 15 is 0 Å². The standard InChI is InChI=1S/C59H29F10NO7.C4H8O2.C2H6/c60-35-18-32(19-36(61)22-35)43-24-41(25-44(49(43)28-71)33-20-37(62)23-38(63)21-33)75-51(72)17-29-5-13-39(14-6-29)70-56(73)47-26-45(30-9-15-40(16-10-30)77-59(67,68)69)52-42-3-1-2-4-50(42)76-55-46(27-48(57(70)74)53(47)54(52)55)31-7-11-34(12-8-31)58(64,65)66;1-3-6-4(2)5;1-2/h1-16,18-28H,17H2;3H2,1-2H3;1-2H3. The fraction of sp³-hybridized carbons (Fsp3) is 0.123. The largest absolute Gasteiger partial charge is 0.573 e. The van der Waals surface area contributed by atoms with Gasteiger partial charge >= 0.3 is 24.5 Å². The zero-order valence-electron chi connectivity index (χ0n) is 44.9. The van der Waals surface area contributed by atoms with E-state index in [1.165, 1.54) is 67.6 Å². The van der Waals surface area contributed by atoms with E-state index in [2.05, 4.69) is 9.47 Å². The number of hydrogen-bond acceptors (Lipinski definition) is 9. The van der Waals surface area contributed by atoms with Gasteiger partial charge in [0.15, 0.2) is 6.29 Å². The van der Waals surface area contributed by atoms with E-state index in [0.29, 0.717) is 52.5 Å². The van der Waals surface area contributed by atoms with Gasteiger partial charge in [-0.25, -0.2) is 22.1 Å². The van der Waals surface area contributed by atoms with Crippen LogP contribution in [0.5, 0.6) is 11.5 Å². The Labute approximate surface area is 475 Å². The molecule has 0 aliphatic carbocycles. The molecule has 20 heteroatoms. The third kappa shape index (κ3) is 12.5. The van der Waals surface area contributed by atoms with Gasteiger partial charge in [-0.3, -0.25) is 24.0 Å². The molecular formula is C65H43F10NO9. The predicted molar refractivity (Wildman–Crippen MR) is 300 cm³/mol. The molecule has 2 aromatic heterocycles. The van der Waals surface area contributed by atoms with Crippen molar-refractivity contribution in [1.29, 1.82) is 0 Å². The quantitative estimate of drug-likeness (QED) is 0.0310. The van der Waals surface area contributed by atoms with Gasteiger partial charge < -0.3 is 18.6 Å². The van der Waals surface area contributed by atoms with Gasteiger partial charge in [-0.15, -0.1) is 13.2 Å². The summed E-state index contributed by atoms with van der Waals surface area (Å²) in [6, 6.07) is 31.2. The van der Waals surface area contributed by atoms with Gasteiger partial charge in [0.05, 0.1) is 24.3 Å². The van der Waals surface area contributed by atoms with E-state index in [9.17, 15) is 67.9 Å². The highest BCUT2D eigenvalue weighted by atomic mass is 19.4. The number of nitrogens with zero attached hydrogens (tertiary/aromatic N) is 1. The van der Waals surface area contributed by atoms with Crippen molar-refractivity contribution in [1.82, 2.24) is 4.57 Å². The van der Waals surface area contributed by atoms with Crippen LogP contribution in [0.15, 0.2) is 172 Å². The highest BCUT2D eigenvalue weighted by Crippen LogP contribution is 2.47. The van der Waals surface area contributed by atoms with Gasteiger partial charge in [-0.1, -0.05) is 68.4 Å². The summed E-state index contributed by atoms with van der Waals surface area (Å²) in [4.78, 5) is 65.8. The molecule has 11 aromatic rings. The van der Waals surface area contributed by atoms with Gasteiger partial charge in [0.1, 0.15) is 45.9 Å². The number of carbonyl (C=O) groups is 3. The molecule has 0 N–H and O–H groups in total. The Morgan fingerprint density at radius 2 is 1.08 bits per heavy atom. The first-order valence-electron chi connectivity index (χ1n) is 25.8. The van der Waals surface area contributed by atoms with Crippen molar-refractivity contribution in [3.63, 3.8) is 0 Å². The highest BCUT2D eigenvalue weighted by Gasteiger charge is 2.33. The van der Waals surface area contributed by atoms with Crippen LogP contribution in [0.2, 0.25) is 0 Å². The Morgan fingerprint density at radius 1 is 0.565 bits per heavy atom. The molecule has 2 heterocycles. The maximum Gasteiger partial charge on any atom is 0.573 e. The number of rotatable bonds is 11. The first-order valence-corrected chi connectivity index (χ1v) is 25.8. The summed E-state index contributed by atoms with van der Waals surface area (Å²) in [6.45, 7) is 7.65. The Hall–Kier alpha value is -10.1. The Balaban J connectivity index is 0.00000102. The van der Waals surface area contributed by atoms with E-state index in [-0.39, 0.29) is 89.0 Å². The number of ether oxygens (including phenoxy) is 3. The second kappa shape index (κ2) is 24.0. The number of fused-ring (bicyclic) bond motifs is 2. The van der Waals surface area contributed by atoms with Crippen molar-refractivity contribution in [3.05, 3.63) is 218 Å². The van der Waals surface area contributed by atoms with E-state index in [4.69, 9.17) is 9.15 Å². The van der Waals surface area contributed by atoms with Crippen molar-refractivity contribution < 1.29 is 76.9 Å². The molecule has 0 aliphatic heterocycles. The summed E-state index contributed by atoms with van der Waals surface area (Å²) in [5, 5.41) is 1.10. The topological polar surface area (TPSA) is 131 Å². The summed E-state index contributed by atoms with van der Waals surface area (Å²) in [5.41, 5.74) is -1.92. The zero-order valence-corrected chi connectivity index (χ0v) is 44.9. The second-order valence-electron chi connectivity index (χ2n) is 18.7. The lowest BCUT2D eigenvalue weighted by atomic mass is 9.87. The first kappa shape index (κ1) is 59.5. The van der Waals surface area contributed by atoms with Crippen LogP contribution in [0, 0.1) is 23.3 Å². The van der Waals surface area contributed by atoms with Crippen LogP contribution in [0.3, 0.4) is 0 Å². The minimum atomic E-state index is -5.01. The van der Waals surface area contributed by atoms with Crippen LogP contribution in [0.1, 0.15) is 49.2 Å². The average Bonchev–Trinajstić information content (AvgIpc) is 0.787. The third-order valence-corrected chi connectivity index (χ3v) is 13.3. The molecule has 9 aromatic carbocycles. The van der Waals surface area contributed by atoms with E-state index < -0.39 is 70.6 Å². The maximum absolute atomic E-state index is 14.9. The zero-order chi connectivity index (χ0) is 61.2. The van der Waals surface area contributed by atoms with Crippen molar-refractivity contribution in [2.75, 3.05) is 6.61 Å². The van der Waals surface area contributed by atoms with Crippen molar-refractivity contribution >= 4 is 61.7 Å². The molecular weight excluding hydrogens is 1130 g/mol. The fourth-order valence-corrected chi connectivity index (χ4v) is 9.90. The minimum Gasteiger partial charge on any atom is -0.466 e. The van der Waals surface area contributed by atoms with Crippen LogP contribution in [0.4, 0.5) is 43.9 Å². The molecule has 0 amide bonds. The van der Waals surface area contributed by atoms with Gasteiger partial charge in [-0.05, 0) is 142 Å². The van der Waals surface area contributed by atoms with Crippen LogP contribution in [0.25, 0.3) is 93.7 Å². The molecule has 0 saturated carbocycles. The number of para-hydroxylation sites is 1. The molecule has 85 heavy (non-hydrogen) atoms. The number of aromatic nitrogens is 1. The van der Waals surface area contributed by atoms with Crippen molar-refractivity contribution in [2.45, 2.75) is 46.7 Å². The molecule has 0 unspecified atom stereocenters. The smallest absolute Gasteiger partial charge is 0.466 e. The SMILES string of the molecule is CC.CCOC(C)=O.O=Cc1c(-c2cc(F)cc(F)c2)cc(OC(=O)Cc2ccc(-n3c(=O)c4cc(-c5ccc(C(F)(F)F)cc5)c5oc6ccccc6c6c(-c7ccc(OC(F)(F)F)cc7)cc(c3=O)c4c56)cc2)cc1-c1cc(F)cc(F)c1. The van der Waals surface area contributed by atoms with Crippen LogP contribution in [-0.4, -0.2) is 35.8 Å². The van der Waals surface area contributed by atoms with Crippen molar-refractivity contribution in [3.8, 4) is 61.7 Å². The van der Waals surface area contributed by atoms with Crippen LogP contribution >= 0.6 is 0 Å². The number of aldehydes is 1. The number of halogens is 10. The molecule has 432 valence electrons. The third-order valence-electron chi connectivity index (χ3n) is 13.3. The van der Waals surface area contributed by atoms with Gasteiger partial charge in [-0.2, -0.15) is 13.2 Å². The van der Waals surface area contributed by atoms with Crippen LogP contribution in [-0.2, 0) is 26.9 Å². The maximum atomic E-state index is 14.9. The molecule has 10 nitrogen and oxygen atoms in total. The monoisotopic (exact) mass is 1170 g/mol. The number of esters is 2. The molecule has 0 saturated heterocycles. The second-order valence-corrected chi connectivity index (χ2v) is 18.7. The number of carbonyl (C=O) groups excluding carboxylic acids is 3. The highest BCUT2D eigenvalue weighted by molar-refractivity contribution is 6.32. The molecule has 0 radical (unpaired) electrons. The summed E-state index contributed by atoms with van der Waals surface area (Å²) >= 11 is 0. The number of hydrogen-bond donors (Lipinski definition) is 0. The van der Waals surface area contributed by atoms with Crippen LogP contribution < -0.4 is 20.6 Å². The summed E-state index contributed by atoms with van der Waals surface area (Å²) < 4.78 is 161. The first-order chi connectivity index (χ1) is 40.5. The van der Waals surface area contributed by atoms with Crippen molar-refractivity contribution in [2.24, 2.45) is 0 Å². The Morgan fingerprint density at radius 3 is 1.58 bits per heavy atom. The molecule has 0 bridgehead atoms. The van der Waals surface area contributed by atoms with E-state index in [1.807, 2.05) is 13.8 Å². The number of benzene rings is 9. The number of pyridine rings is 1. The summed E-state index contributed by atoms with van der Waals surface area (Å²) in [5.74, 6) is -6.02. The van der Waals surface area contributed by atoms with E-state index in [0.717, 1.165) is 65.2 Å². The molecule has 0 fully saturated rings. The van der Waals surface area contributed by atoms with E-state index in [1.54, 1.807) is 31.2 Å². The van der Waals surface area contributed by atoms with Gasteiger partial charge in [0.25, 0.3) is 11.1 Å². The fourth-order valence-electron chi connectivity index (χ4n) is 9.90. The minimum absolute atomic E-state index is 0.00701. The lowest BCUT2D eigenvalue weighted by Gasteiger charge is -2.20. The predicted octanol–water partition coefficient (Wildman–Crippen LogP) is 16.5. The molecule has 0 atom stereocenters. The Kier molecular flexibility index (Phi) is 16.8. The molecule has 0 aliphatic rings. The normalized spacial score (nSPS) is 11.5. The average molecular weight is 1170 g/mol. The Bertz CT molecular complexity index is 4380. The molecule has 0 spiro atoms. The van der Waals surface area contributed by atoms with Gasteiger partial charge in [0, 0.05) is 62.5 Å². The lowest BCUT2D eigenvalue weighted by Crippen LogP contribution is -2.32.